The predicted molar refractivity (Wildman–Crippen MR) is 197 cm³/mol. The van der Waals surface area contributed by atoms with E-state index < -0.39 is 0 Å². The van der Waals surface area contributed by atoms with Crippen LogP contribution < -0.4 is 4.90 Å². The van der Waals surface area contributed by atoms with Crippen LogP contribution in [0.15, 0.2) is 164 Å². The first-order chi connectivity index (χ1) is 22.6. The first-order valence-corrected chi connectivity index (χ1v) is 16.1. The number of rotatable bonds is 4. The van der Waals surface area contributed by atoms with E-state index in [1.54, 1.807) is 0 Å². The molecule has 1 aliphatic rings. The fourth-order valence-corrected chi connectivity index (χ4v) is 7.83. The molecule has 8 aromatic carbocycles. The second-order valence-corrected chi connectivity index (χ2v) is 12.9. The standard InChI is InChI=1S/C45H33N/c1-45(2)40-22-12-10-19-36(40)39-29-33(26-27-41(39)45)46(42-23-13-11-17-34(42)30-14-4-3-5-15-30)43-28-32-25-24-31-16-6-7-18-35(31)44(32)38-21-9-8-20-37(38)43/h3-29H,1-2H3. The minimum atomic E-state index is -0.0477. The summed E-state index contributed by atoms with van der Waals surface area (Å²) in [6.45, 7) is 4.70. The van der Waals surface area contributed by atoms with Crippen molar-refractivity contribution >= 4 is 49.4 Å². The van der Waals surface area contributed by atoms with Gasteiger partial charge in [-0.1, -0.05) is 153 Å². The van der Waals surface area contributed by atoms with Crippen LogP contribution in [0.25, 0.3) is 54.6 Å². The van der Waals surface area contributed by atoms with Gasteiger partial charge in [0.05, 0.1) is 11.4 Å². The molecule has 0 unspecified atom stereocenters. The second-order valence-electron chi connectivity index (χ2n) is 12.9. The molecule has 0 atom stereocenters. The van der Waals surface area contributed by atoms with E-state index in [0.717, 1.165) is 11.4 Å². The van der Waals surface area contributed by atoms with Crippen molar-refractivity contribution in [3.8, 4) is 22.3 Å². The van der Waals surface area contributed by atoms with E-state index in [2.05, 4.69) is 183 Å². The summed E-state index contributed by atoms with van der Waals surface area (Å²) in [6.07, 6.45) is 0. The van der Waals surface area contributed by atoms with Crippen LogP contribution >= 0.6 is 0 Å². The molecule has 0 saturated heterocycles. The van der Waals surface area contributed by atoms with Crippen LogP contribution in [0, 0.1) is 0 Å². The van der Waals surface area contributed by atoms with Gasteiger partial charge in [-0.25, -0.2) is 0 Å². The minimum absolute atomic E-state index is 0.0477. The molecule has 0 N–H and O–H groups in total. The van der Waals surface area contributed by atoms with Crippen molar-refractivity contribution in [1.82, 2.24) is 0 Å². The lowest BCUT2D eigenvalue weighted by Crippen LogP contribution is -2.15. The van der Waals surface area contributed by atoms with Gasteiger partial charge in [0.2, 0.25) is 0 Å². The van der Waals surface area contributed by atoms with Crippen LogP contribution in [-0.2, 0) is 5.41 Å². The molecule has 1 heteroatoms. The Morgan fingerprint density at radius 1 is 0.413 bits per heavy atom. The average molecular weight is 588 g/mol. The molecule has 0 heterocycles. The molecule has 9 rings (SSSR count). The van der Waals surface area contributed by atoms with E-state index in [4.69, 9.17) is 0 Å². The van der Waals surface area contributed by atoms with Gasteiger partial charge in [-0.2, -0.15) is 0 Å². The molecule has 0 spiro atoms. The van der Waals surface area contributed by atoms with E-state index >= 15 is 0 Å². The van der Waals surface area contributed by atoms with E-state index in [1.165, 1.54) is 71.4 Å². The van der Waals surface area contributed by atoms with Crippen molar-refractivity contribution in [1.29, 1.82) is 0 Å². The zero-order chi connectivity index (χ0) is 30.8. The van der Waals surface area contributed by atoms with Crippen LogP contribution in [0.5, 0.6) is 0 Å². The summed E-state index contributed by atoms with van der Waals surface area (Å²) < 4.78 is 0. The van der Waals surface area contributed by atoms with Crippen molar-refractivity contribution in [3.63, 3.8) is 0 Å². The Balaban J connectivity index is 1.38. The molecule has 0 amide bonds. The molecule has 0 aromatic heterocycles. The third-order valence-corrected chi connectivity index (χ3v) is 10.0. The van der Waals surface area contributed by atoms with Crippen molar-refractivity contribution < 1.29 is 0 Å². The van der Waals surface area contributed by atoms with Crippen LogP contribution in [0.1, 0.15) is 25.0 Å². The minimum Gasteiger partial charge on any atom is -0.309 e. The summed E-state index contributed by atoms with van der Waals surface area (Å²) >= 11 is 0. The fraction of sp³-hybridized carbons (Fsp3) is 0.0667. The van der Waals surface area contributed by atoms with Gasteiger partial charge in [-0.3, -0.25) is 0 Å². The number of hydrogen-bond acceptors (Lipinski definition) is 1. The summed E-state index contributed by atoms with van der Waals surface area (Å²) in [4.78, 5) is 2.49. The predicted octanol–water partition coefficient (Wildman–Crippen LogP) is 12.6. The summed E-state index contributed by atoms with van der Waals surface area (Å²) in [5.41, 5.74) is 11.3. The van der Waals surface area contributed by atoms with Crippen molar-refractivity contribution in [2.45, 2.75) is 19.3 Å². The third kappa shape index (κ3) is 3.95. The first-order valence-electron chi connectivity index (χ1n) is 16.1. The van der Waals surface area contributed by atoms with Crippen LogP contribution in [0.3, 0.4) is 0 Å². The Bertz CT molecular complexity index is 2450. The van der Waals surface area contributed by atoms with E-state index in [0.29, 0.717) is 0 Å². The first kappa shape index (κ1) is 26.7. The molecule has 0 saturated carbocycles. The van der Waals surface area contributed by atoms with E-state index in [9.17, 15) is 0 Å². The Hall–Kier alpha value is -5.66. The highest BCUT2D eigenvalue weighted by atomic mass is 15.1. The zero-order valence-electron chi connectivity index (χ0n) is 26.0. The molecule has 0 fully saturated rings. The zero-order valence-corrected chi connectivity index (χ0v) is 26.0. The number of nitrogens with zero attached hydrogens (tertiary/aromatic N) is 1. The van der Waals surface area contributed by atoms with Crippen molar-refractivity contribution in [3.05, 3.63) is 175 Å². The van der Waals surface area contributed by atoms with Gasteiger partial charge in [0.25, 0.3) is 0 Å². The Labute approximate surface area is 270 Å². The maximum atomic E-state index is 2.49. The summed E-state index contributed by atoms with van der Waals surface area (Å²) in [7, 11) is 0. The summed E-state index contributed by atoms with van der Waals surface area (Å²) in [6, 6.07) is 60.2. The largest absolute Gasteiger partial charge is 0.309 e. The summed E-state index contributed by atoms with van der Waals surface area (Å²) in [5, 5.41) is 7.59. The van der Waals surface area contributed by atoms with Gasteiger partial charge < -0.3 is 4.90 Å². The van der Waals surface area contributed by atoms with E-state index in [1.807, 2.05) is 0 Å². The number of benzene rings is 8. The lowest BCUT2D eigenvalue weighted by molar-refractivity contribution is 0.660. The van der Waals surface area contributed by atoms with Crippen LogP contribution in [0.4, 0.5) is 17.1 Å². The molecule has 218 valence electrons. The quantitative estimate of drug-likeness (QED) is 0.185. The van der Waals surface area contributed by atoms with Gasteiger partial charge in [0.15, 0.2) is 0 Å². The van der Waals surface area contributed by atoms with Gasteiger partial charge in [0.1, 0.15) is 0 Å². The Morgan fingerprint density at radius 3 is 1.89 bits per heavy atom. The normalized spacial score (nSPS) is 13.2. The molecule has 0 bridgehead atoms. The maximum Gasteiger partial charge on any atom is 0.0546 e. The molecule has 1 aliphatic carbocycles. The molecular weight excluding hydrogens is 555 g/mol. The molecule has 46 heavy (non-hydrogen) atoms. The molecular formula is C45H33N. The fourth-order valence-electron chi connectivity index (χ4n) is 7.83. The molecule has 1 nitrogen and oxygen atoms in total. The van der Waals surface area contributed by atoms with Gasteiger partial charge in [-0.15, -0.1) is 0 Å². The second kappa shape index (κ2) is 10.2. The highest BCUT2D eigenvalue weighted by Crippen LogP contribution is 2.52. The molecule has 0 radical (unpaired) electrons. The van der Waals surface area contributed by atoms with E-state index in [-0.39, 0.29) is 5.41 Å². The topological polar surface area (TPSA) is 3.24 Å². The van der Waals surface area contributed by atoms with Crippen LogP contribution in [0.2, 0.25) is 0 Å². The maximum absolute atomic E-state index is 2.49. The SMILES string of the molecule is CC1(C)c2ccccc2-c2cc(N(c3ccccc3-c3ccccc3)c3cc4ccc5ccccc5c4c4ccccc34)ccc21. The lowest BCUT2D eigenvalue weighted by atomic mass is 9.82. The number of fused-ring (bicyclic) bond motifs is 8. The van der Waals surface area contributed by atoms with Gasteiger partial charge >= 0.3 is 0 Å². The smallest absolute Gasteiger partial charge is 0.0546 e. The Kier molecular flexibility index (Phi) is 5.92. The van der Waals surface area contributed by atoms with Crippen molar-refractivity contribution in [2.24, 2.45) is 0 Å². The monoisotopic (exact) mass is 587 g/mol. The van der Waals surface area contributed by atoms with Gasteiger partial charge in [0, 0.05) is 22.1 Å². The number of anilines is 3. The lowest BCUT2D eigenvalue weighted by Gasteiger charge is -2.30. The number of para-hydroxylation sites is 1. The summed E-state index contributed by atoms with van der Waals surface area (Å²) in [5.74, 6) is 0. The van der Waals surface area contributed by atoms with Crippen molar-refractivity contribution in [2.75, 3.05) is 4.90 Å². The Morgan fingerprint density at radius 2 is 1.04 bits per heavy atom. The van der Waals surface area contributed by atoms with Crippen LogP contribution in [-0.4, -0.2) is 0 Å². The van der Waals surface area contributed by atoms with Gasteiger partial charge in [-0.05, 0) is 79.0 Å². The highest BCUT2D eigenvalue weighted by molar-refractivity contribution is 6.23. The molecule has 0 aliphatic heterocycles. The third-order valence-electron chi connectivity index (χ3n) is 10.0. The number of hydrogen-bond donors (Lipinski definition) is 0. The average Bonchev–Trinajstić information content (AvgIpc) is 3.34. The molecule has 8 aromatic rings. The highest BCUT2D eigenvalue weighted by Gasteiger charge is 2.35.